The number of hydrogen-bond donors (Lipinski definition) is 0. The Kier molecular flexibility index (Phi) is 4.83. The zero-order valence-corrected chi connectivity index (χ0v) is 16.6. The molecule has 2 fully saturated rings. The van der Waals surface area contributed by atoms with Crippen molar-refractivity contribution in [1.29, 1.82) is 0 Å². The predicted molar refractivity (Wildman–Crippen MR) is 105 cm³/mol. The second-order valence-electron chi connectivity index (χ2n) is 7.74. The molecule has 0 N–H and O–H groups in total. The molecule has 5 nitrogen and oxygen atoms in total. The lowest BCUT2D eigenvalue weighted by Gasteiger charge is -2.30. The number of sulfonamides is 1. The molecule has 4 rings (SSSR count). The van der Waals surface area contributed by atoms with Crippen molar-refractivity contribution in [2.45, 2.75) is 31.1 Å². The van der Waals surface area contributed by atoms with Crippen LogP contribution >= 0.6 is 0 Å². The summed E-state index contributed by atoms with van der Waals surface area (Å²) < 4.78 is 27.1. The predicted octanol–water partition coefficient (Wildman–Crippen LogP) is 3.44. The van der Waals surface area contributed by atoms with Crippen LogP contribution in [0.2, 0.25) is 0 Å². The molecular formula is C22H23NO4S. The molecule has 3 atom stereocenters. The number of hydrogen-bond acceptors (Lipinski definition) is 4. The van der Waals surface area contributed by atoms with Gasteiger partial charge in [-0.15, -0.1) is 0 Å². The molecule has 146 valence electrons. The number of carbonyl (C=O) groups excluding carboxylic acids is 2. The largest absolute Gasteiger partial charge is 0.294 e. The standard InChI is InChI=1S/C22H23NO4S/c1-15-10-12-18(13-11-15)28(26,27)23-14-17-8-5-9-19(20(17)22(23)25)21(24)16-6-3-2-4-7-16/h2-4,6-7,10-13,17,19-20H,5,8-9,14H2,1H3/t17-,19+,20+/m0/s1. The van der Waals surface area contributed by atoms with Gasteiger partial charge in [-0.25, -0.2) is 12.7 Å². The molecule has 1 heterocycles. The minimum Gasteiger partial charge on any atom is -0.294 e. The molecule has 28 heavy (non-hydrogen) atoms. The number of rotatable bonds is 4. The van der Waals surface area contributed by atoms with Gasteiger partial charge in [0.05, 0.1) is 10.8 Å². The molecule has 0 bridgehead atoms. The zero-order chi connectivity index (χ0) is 19.9. The van der Waals surface area contributed by atoms with Gasteiger partial charge >= 0.3 is 0 Å². The van der Waals surface area contributed by atoms with E-state index in [0.29, 0.717) is 12.0 Å². The Bertz CT molecular complexity index is 999. The zero-order valence-electron chi connectivity index (χ0n) is 15.7. The molecule has 1 aliphatic heterocycles. The van der Waals surface area contributed by atoms with Gasteiger partial charge in [-0.05, 0) is 37.8 Å². The SMILES string of the molecule is Cc1ccc(S(=O)(=O)N2C[C@@H]3CCC[C@@H](C(=O)c4ccccc4)[C@@H]3C2=O)cc1. The van der Waals surface area contributed by atoms with Gasteiger partial charge in [0, 0.05) is 18.0 Å². The van der Waals surface area contributed by atoms with Crippen molar-refractivity contribution in [3.63, 3.8) is 0 Å². The number of fused-ring (bicyclic) bond motifs is 1. The summed E-state index contributed by atoms with van der Waals surface area (Å²) in [5, 5.41) is 0. The highest BCUT2D eigenvalue weighted by molar-refractivity contribution is 7.89. The Labute approximate surface area is 165 Å². The first kappa shape index (κ1) is 18.9. The van der Waals surface area contributed by atoms with E-state index < -0.39 is 27.8 Å². The molecule has 1 saturated heterocycles. The van der Waals surface area contributed by atoms with Crippen LogP contribution in [0.15, 0.2) is 59.5 Å². The molecule has 1 amide bonds. The smallest absolute Gasteiger partial charge is 0.266 e. The molecule has 0 aromatic heterocycles. The molecule has 1 saturated carbocycles. The topological polar surface area (TPSA) is 71.5 Å². The average molecular weight is 397 g/mol. The number of Topliss-reactive ketones (excluding diaryl/α,β-unsaturated/α-hetero) is 1. The van der Waals surface area contributed by atoms with Crippen LogP contribution < -0.4 is 0 Å². The third-order valence-corrected chi connectivity index (χ3v) is 7.74. The molecule has 0 radical (unpaired) electrons. The van der Waals surface area contributed by atoms with Gasteiger partial charge in [-0.3, -0.25) is 9.59 Å². The number of ketones is 1. The lowest BCUT2D eigenvalue weighted by atomic mass is 9.71. The number of carbonyl (C=O) groups is 2. The normalized spacial score (nSPS) is 24.8. The summed E-state index contributed by atoms with van der Waals surface area (Å²) in [5.41, 5.74) is 1.54. The summed E-state index contributed by atoms with van der Waals surface area (Å²) >= 11 is 0. The van der Waals surface area contributed by atoms with Crippen LogP contribution in [0, 0.1) is 24.7 Å². The van der Waals surface area contributed by atoms with Gasteiger partial charge in [0.1, 0.15) is 0 Å². The van der Waals surface area contributed by atoms with Crippen molar-refractivity contribution in [2.24, 2.45) is 17.8 Å². The number of amides is 1. The first-order valence-electron chi connectivity index (χ1n) is 9.62. The van der Waals surface area contributed by atoms with Crippen LogP contribution in [0.3, 0.4) is 0 Å². The van der Waals surface area contributed by atoms with E-state index in [1.54, 1.807) is 36.4 Å². The fraction of sp³-hybridized carbons (Fsp3) is 0.364. The van der Waals surface area contributed by atoms with Gasteiger partial charge in [0.2, 0.25) is 5.91 Å². The highest BCUT2D eigenvalue weighted by atomic mass is 32.2. The first-order chi connectivity index (χ1) is 13.4. The van der Waals surface area contributed by atoms with Crippen molar-refractivity contribution < 1.29 is 18.0 Å². The van der Waals surface area contributed by atoms with Crippen LogP contribution in [0.25, 0.3) is 0 Å². The summed E-state index contributed by atoms with van der Waals surface area (Å²) in [7, 11) is -3.90. The van der Waals surface area contributed by atoms with E-state index in [4.69, 9.17) is 0 Å². The second kappa shape index (κ2) is 7.17. The van der Waals surface area contributed by atoms with Gasteiger partial charge < -0.3 is 0 Å². The van der Waals surface area contributed by atoms with Crippen LogP contribution in [-0.4, -0.2) is 31.0 Å². The molecule has 2 aromatic rings. The number of nitrogens with zero attached hydrogens (tertiary/aromatic N) is 1. The second-order valence-corrected chi connectivity index (χ2v) is 9.60. The minimum absolute atomic E-state index is 0.0572. The quantitative estimate of drug-likeness (QED) is 0.741. The Balaban J connectivity index is 1.64. The van der Waals surface area contributed by atoms with Crippen LogP contribution in [0.5, 0.6) is 0 Å². The monoisotopic (exact) mass is 397 g/mol. The maximum Gasteiger partial charge on any atom is 0.266 e. The Morgan fingerprint density at radius 3 is 2.36 bits per heavy atom. The van der Waals surface area contributed by atoms with Gasteiger partial charge in [0.25, 0.3) is 10.0 Å². The fourth-order valence-corrected chi connectivity index (χ4v) is 5.98. The Hall–Kier alpha value is -2.47. The van der Waals surface area contributed by atoms with Crippen molar-refractivity contribution in [3.05, 3.63) is 65.7 Å². The van der Waals surface area contributed by atoms with Crippen molar-refractivity contribution in [3.8, 4) is 0 Å². The Morgan fingerprint density at radius 2 is 1.68 bits per heavy atom. The minimum atomic E-state index is -3.90. The van der Waals surface area contributed by atoms with E-state index in [0.717, 1.165) is 22.7 Å². The maximum atomic E-state index is 13.2. The molecule has 0 spiro atoms. The van der Waals surface area contributed by atoms with E-state index in [1.165, 1.54) is 12.1 Å². The van der Waals surface area contributed by atoms with Crippen molar-refractivity contribution in [1.82, 2.24) is 4.31 Å². The third kappa shape index (κ3) is 3.15. The molecular weight excluding hydrogens is 374 g/mol. The number of aryl methyl sites for hydroxylation is 1. The fourth-order valence-electron chi connectivity index (χ4n) is 4.50. The Morgan fingerprint density at radius 1 is 1.00 bits per heavy atom. The molecule has 2 aliphatic rings. The van der Waals surface area contributed by atoms with E-state index in [9.17, 15) is 18.0 Å². The van der Waals surface area contributed by atoms with E-state index >= 15 is 0 Å². The molecule has 6 heteroatoms. The van der Waals surface area contributed by atoms with Gasteiger partial charge in [-0.2, -0.15) is 0 Å². The summed E-state index contributed by atoms with van der Waals surface area (Å²) in [5.74, 6) is -1.59. The van der Waals surface area contributed by atoms with Crippen LogP contribution in [-0.2, 0) is 14.8 Å². The van der Waals surface area contributed by atoms with E-state index in [-0.39, 0.29) is 23.1 Å². The third-order valence-electron chi connectivity index (χ3n) is 5.97. The van der Waals surface area contributed by atoms with Crippen LogP contribution in [0.4, 0.5) is 0 Å². The molecule has 1 aliphatic carbocycles. The van der Waals surface area contributed by atoms with E-state index in [2.05, 4.69) is 0 Å². The molecule has 0 unspecified atom stereocenters. The molecule has 2 aromatic carbocycles. The van der Waals surface area contributed by atoms with E-state index in [1.807, 2.05) is 13.0 Å². The van der Waals surface area contributed by atoms with Gasteiger partial charge in [-0.1, -0.05) is 54.4 Å². The highest BCUT2D eigenvalue weighted by Gasteiger charge is 2.52. The lowest BCUT2D eigenvalue weighted by molar-refractivity contribution is -0.129. The average Bonchev–Trinajstić information content (AvgIpc) is 3.06. The number of benzene rings is 2. The summed E-state index contributed by atoms with van der Waals surface area (Å²) in [6, 6.07) is 15.5. The summed E-state index contributed by atoms with van der Waals surface area (Å²) in [4.78, 5) is 26.3. The summed E-state index contributed by atoms with van der Waals surface area (Å²) in [6.45, 7) is 2.05. The van der Waals surface area contributed by atoms with Crippen molar-refractivity contribution in [2.75, 3.05) is 6.54 Å². The summed E-state index contributed by atoms with van der Waals surface area (Å²) in [6.07, 6.45) is 2.23. The van der Waals surface area contributed by atoms with Crippen LogP contribution in [0.1, 0.15) is 35.2 Å². The van der Waals surface area contributed by atoms with Crippen molar-refractivity contribution >= 4 is 21.7 Å². The highest BCUT2D eigenvalue weighted by Crippen LogP contribution is 2.43. The first-order valence-corrected chi connectivity index (χ1v) is 11.1. The maximum absolute atomic E-state index is 13.2. The van der Waals surface area contributed by atoms with Gasteiger partial charge in [0.15, 0.2) is 5.78 Å². The lowest BCUT2D eigenvalue weighted by Crippen LogP contribution is -2.38.